The highest BCUT2D eigenvalue weighted by atomic mass is 35.5. The minimum Gasteiger partial charge on any atom is -0.444 e. The largest absolute Gasteiger partial charge is 0.444 e. The summed E-state index contributed by atoms with van der Waals surface area (Å²) in [6, 6.07) is 18.6. The van der Waals surface area contributed by atoms with Crippen LogP contribution in [0.5, 0.6) is 0 Å². The van der Waals surface area contributed by atoms with Crippen molar-refractivity contribution >= 4 is 33.4 Å². The van der Waals surface area contributed by atoms with Crippen LogP contribution in [0.2, 0.25) is 5.02 Å². The summed E-state index contributed by atoms with van der Waals surface area (Å²) in [4.78, 5) is 16.6. The van der Waals surface area contributed by atoms with E-state index in [-0.39, 0.29) is 18.0 Å². The molecule has 1 amide bonds. The van der Waals surface area contributed by atoms with E-state index in [0.29, 0.717) is 22.8 Å². The summed E-state index contributed by atoms with van der Waals surface area (Å²) in [5.41, 5.74) is 2.06. The number of halogens is 1. The fourth-order valence-electron chi connectivity index (χ4n) is 3.42. The van der Waals surface area contributed by atoms with Gasteiger partial charge >= 0.3 is 6.09 Å². The quantitative estimate of drug-likeness (QED) is 0.629. The molecule has 0 saturated carbocycles. The predicted molar refractivity (Wildman–Crippen MR) is 117 cm³/mol. The van der Waals surface area contributed by atoms with Crippen molar-refractivity contribution in [1.29, 1.82) is 0 Å². The molecule has 9 heteroatoms. The van der Waals surface area contributed by atoms with Gasteiger partial charge in [-0.15, -0.1) is 0 Å². The van der Waals surface area contributed by atoms with Crippen LogP contribution in [-0.2, 0) is 27.7 Å². The predicted octanol–water partition coefficient (Wildman–Crippen LogP) is 3.78. The van der Waals surface area contributed by atoms with Gasteiger partial charge in [0.1, 0.15) is 6.10 Å². The standard InChI is InChI=1S/C22H20ClN3O4S/c23-17-8-10-20(11-9-17)31(28,29)26-15-19(13-16-5-1-2-7-21(16)26)30-22(27)25-14-18-6-3-4-12-24-18/h1-12,19H,13-15H2,(H,25,27)/t19-/m1/s1. The topological polar surface area (TPSA) is 88.6 Å². The lowest BCUT2D eigenvalue weighted by Crippen LogP contribution is -2.45. The molecular weight excluding hydrogens is 438 g/mol. The lowest BCUT2D eigenvalue weighted by molar-refractivity contribution is 0.0996. The number of ether oxygens (including phenoxy) is 1. The molecule has 1 N–H and O–H groups in total. The second-order valence-electron chi connectivity index (χ2n) is 7.02. The molecule has 0 radical (unpaired) electrons. The van der Waals surface area contributed by atoms with Crippen LogP contribution >= 0.6 is 11.6 Å². The fraction of sp³-hybridized carbons (Fsp3) is 0.182. The maximum Gasteiger partial charge on any atom is 0.407 e. The average molecular weight is 458 g/mol. The van der Waals surface area contributed by atoms with Gasteiger partial charge in [0.25, 0.3) is 10.0 Å². The number of carbonyl (C=O) groups is 1. The number of hydrogen-bond acceptors (Lipinski definition) is 5. The Morgan fingerprint density at radius 3 is 2.58 bits per heavy atom. The number of rotatable bonds is 5. The Morgan fingerprint density at radius 2 is 1.84 bits per heavy atom. The second kappa shape index (κ2) is 8.95. The molecule has 2 heterocycles. The van der Waals surface area contributed by atoms with E-state index in [4.69, 9.17) is 16.3 Å². The van der Waals surface area contributed by atoms with Crippen LogP contribution in [-0.4, -0.2) is 32.1 Å². The van der Waals surface area contributed by atoms with E-state index in [1.54, 1.807) is 30.5 Å². The maximum absolute atomic E-state index is 13.3. The fourth-order valence-corrected chi connectivity index (χ4v) is 5.08. The van der Waals surface area contributed by atoms with Gasteiger partial charge in [0.05, 0.1) is 29.4 Å². The highest BCUT2D eigenvalue weighted by Crippen LogP contribution is 2.33. The first-order valence-corrected chi connectivity index (χ1v) is 11.5. The summed E-state index contributed by atoms with van der Waals surface area (Å²) in [6.07, 6.45) is 0.791. The molecule has 1 atom stereocenters. The van der Waals surface area contributed by atoms with Crippen LogP contribution in [0.1, 0.15) is 11.3 Å². The normalized spacial score (nSPS) is 15.8. The van der Waals surface area contributed by atoms with E-state index in [0.717, 1.165) is 5.56 Å². The Kier molecular flexibility index (Phi) is 6.11. The first-order valence-electron chi connectivity index (χ1n) is 9.64. The number of nitrogens with one attached hydrogen (secondary N) is 1. The number of fused-ring (bicyclic) bond motifs is 1. The van der Waals surface area contributed by atoms with Crippen molar-refractivity contribution < 1.29 is 17.9 Å². The van der Waals surface area contributed by atoms with Gasteiger partial charge < -0.3 is 10.1 Å². The molecular formula is C22H20ClN3O4S. The van der Waals surface area contributed by atoms with Gasteiger partial charge in [0, 0.05) is 17.6 Å². The number of benzene rings is 2. The summed E-state index contributed by atoms with van der Waals surface area (Å²) in [5.74, 6) is 0. The molecule has 3 aromatic rings. The molecule has 1 aliphatic heterocycles. The molecule has 1 aliphatic rings. The van der Waals surface area contributed by atoms with E-state index in [2.05, 4.69) is 10.3 Å². The molecule has 0 aliphatic carbocycles. The summed E-state index contributed by atoms with van der Waals surface area (Å²) in [6.45, 7) is 0.231. The summed E-state index contributed by atoms with van der Waals surface area (Å²) < 4.78 is 33.5. The Hall–Kier alpha value is -3.10. The Morgan fingerprint density at radius 1 is 1.10 bits per heavy atom. The van der Waals surface area contributed by atoms with Crippen LogP contribution in [0, 0.1) is 0 Å². The smallest absolute Gasteiger partial charge is 0.407 e. The molecule has 7 nitrogen and oxygen atoms in total. The number of nitrogens with zero attached hydrogens (tertiary/aromatic N) is 2. The third-order valence-electron chi connectivity index (χ3n) is 4.89. The van der Waals surface area contributed by atoms with Crippen LogP contribution in [0.4, 0.5) is 10.5 Å². The molecule has 0 saturated heterocycles. The third kappa shape index (κ3) is 4.81. The molecule has 0 unspecified atom stereocenters. The van der Waals surface area contributed by atoms with Crippen molar-refractivity contribution in [3.8, 4) is 0 Å². The van der Waals surface area contributed by atoms with Crippen LogP contribution in [0.25, 0.3) is 0 Å². The van der Waals surface area contributed by atoms with Gasteiger partial charge in [-0.05, 0) is 48.0 Å². The highest BCUT2D eigenvalue weighted by molar-refractivity contribution is 7.92. The van der Waals surface area contributed by atoms with Gasteiger partial charge in [-0.2, -0.15) is 0 Å². The Bertz CT molecular complexity index is 1170. The lowest BCUT2D eigenvalue weighted by Gasteiger charge is -2.34. The van der Waals surface area contributed by atoms with Gasteiger partial charge in [-0.1, -0.05) is 35.9 Å². The van der Waals surface area contributed by atoms with Crippen molar-refractivity contribution in [3.05, 3.63) is 89.2 Å². The summed E-state index contributed by atoms with van der Waals surface area (Å²) in [5, 5.41) is 3.10. The van der Waals surface area contributed by atoms with E-state index in [9.17, 15) is 13.2 Å². The van der Waals surface area contributed by atoms with Gasteiger partial charge in [0.15, 0.2) is 0 Å². The number of pyridine rings is 1. The first-order chi connectivity index (χ1) is 14.9. The van der Waals surface area contributed by atoms with E-state index >= 15 is 0 Å². The molecule has 0 fully saturated rings. The first kappa shape index (κ1) is 21.1. The lowest BCUT2D eigenvalue weighted by atomic mass is 10.0. The average Bonchev–Trinajstić information content (AvgIpc) is 2.78. The number of alkyl carbamates (subject to hydrolysis) is 1. The molecule has 2 aromatic carbocycles. The van der Waals surface area contributed by atoms with Crippen LogP contribution in [0.15, 0.2) is 77.8 Å². The summed E-state index contributed by atoms with van der Waals surface area (Å²) >= 11 is 5.91. The van der Waals surface area contributed by atoms with Gasteiger partial charge in [0.2, 0.25) is 0 Å². The SMILES string of the molecule is O=C(NCc1ccccn1)O[C@@H]1Cc2ccccc2N(S(=O)(=O)c2ccc(Cl)cc2)C1. The Balaban J connectivity index is 1.53. The van der Waals surface area contributed by atoms with Gasteiger partial charge in [-0.3, -0.25) is 9.29 Å². The zero-order valence-electron chi connectivity index (χ0n) is 16.4. The number of carbonyl (C=O) groups excluding carboxylic acids is 1. The molecule has 0 spiro atoms. The van der Waals surface area contributed by atoms with Crippen LogP contribution < -0.4 is 9.62 Å². The molecule has 31 heavy (non-hydrogen) atoms. The minimum absolute atomic E-state index is 0.0129. The number of hydrogen-bond donors (Lipinski definition) is 1. The number of para-hydroxylation sites is 1. The third-order valence-corrected chi connectivity index (χ3v) is 6.94. The number of amides is 1. The van der Waals surface area contributed by atoms with Crippen molar-refractivity contribution in [1.82, 2.24) is 10.3 Å². The zero-order valence-corrected chi connectivity index (χ0v) is 18.0. The monoisotopic (exact) mass is 457 g/mol. The molecule has 4 rings (SSSR count). The van der Waals surface area contributed by atoms with Crippen molar-refractivity contribution in [2.75, 3.05) is 10.8 Å². The van der Waals surface area contributed by atoms with E-state index in [1.165, 1.54) is 28.6 Å². The van der Waals surface area contributed by atoms with E-state index < -0.39 is 22.2 Å². The minimum atomic E-state index is -3.86. The van der Waals surface area contributed by atoms with Crippen molar-refractivity contribution in [2.45, 2.75) is 24.0 Å². The number of anilines is 1. The molecule has 160 valence electrons. The molecule has 0 bridgehead atoms. The maximum atomic E-state index is 13.3. The Labute approximate surface area is 185 Å². The molecule has 1 aromatic heterocycles. The van der Waals surface area contributed by atoms with Gasteiger partial charge in [-0.25, -0.2) is 13.2 Å². The van der Waals surface area contributed by atoms with Crippen LogP contribution in [0.3, 0.4) is 0 Å². The number of aromatic nitrogens is 1. The highest BCUT2D eigenvalue weighted by Gasteiger charge is 2.34. The summed E-state index contributed by atoms with van der Waals surface area (Å²) in [7, 11) is -3.86. The van der Waals surface area contributed by atoms with E-state index in [1.807, 2.05) is 18.2 Å². The number of sulfonamides is 1. The van der Waals surface area contributed by atoms with Crippen molar-refractivity contribution in [3.63, 3.8) is 0 Å². The van der Waals surface area contributed by atoms with Crippen molar-refractivity contribution in [2.24, 2.45) is 0 Å². The second-order valence-corrected chi connectivity index (χ2v) is 9.32. The zero-order chi connectivity index (χ0) is 21.8.